The van der Waals surface area contributed by atoms with Crippen LogP contribution < -0.4 is 4.74 Å². The second-order valence-corrected chi connectivity index (χ2v) is 7.75. The van der Waals surface area contributed by atoms with Crippen molar-refractivity contribution < 1.29 is 13.9 Å². The molecular weight excluding hydrogens is 329 g/mol. The highest BCUT2D eigenvalue weighted by Gasteiger charge is 2.17. The van der Waals surface area contributed by atoms with E-state index in [1.54, 1.807) is 19.2 Å². The number of rotatable bonds is 9. The molecule has 0 spiro atoms. The van der Waals surface area contributed by atoms with E-state index in [2.05, 4.69) is 4.98 Å². The molecule has 0 N–H and O–H groups in total. The van der Waals surface area contributed by atoms with E-state index in [-0.39, 0.29) is 17.8 Å². The third kappa shape index (κ3) is 7.94. The Hall–Kier alpha value is -1.97. The Kier molecular flexibility index (Phi) is 8.19. The number of pyridine rings is 1. The fourth-order valence-electron chi connectivity index (χ4n) is 2.28. The van der Waals surface area contributed by atoms with Crippen LogP contribution in [0.2, 0.25) is 0 Å². The smallest absolute Gasteiger partial charge is 0.213 e. The highest BCUT2D eigenvalue weighted by Crippen LogP contribution is 2.21. The molecule has 1 heterocycles. The van der Waals surface area contributed by atoms with Gasteiger partial charge in [0.2, 0.25) is 5.88 Å². The molecule has 1 unspecified atom stereocenters. The fourth-order valence-corrected chi connectivity index (χ4v) is 2.28. The predicted octanol–water partition coefficient (Wildman–Crippen LogP) is 5.65. The molecule has 0 saturated heterocycles. The van der Waals surface area contributed by atoms with Gasteiger partial charge in [-0.1, -0.05) is 30.7 Å². The van der Waals surface area contributed by atoms with E-state index in [9.17, 15) is 9.18 Å². The van der Waals surface area contributed by atoms with Gasteiger partial charge >= 0.3 is 0 Å². The molecule has 1 atom stereocenters. The minimum absolute atomic E-state index is 0.0873. The molecule has 144 valence electrons. The number of ether oxygens (including phenoxy) is 1. The number of ketones is 1. The molecule has 1 aromatic heterocycles. The average Bonchev–Trinajstić information content (AvgIpc) is 2.52. The van der Waals surface area contributed by atoms with Gasteiger partial charge in [-0.2, -0.15) is 0 Å². The zero-order chi connectivity index (χ0) is 19.9. The minimum Gasteiger partial charge on any atom is -0.475 e. The van der Waals surface area contributed by atoms with Crippen molar-refractivity contribution in [2.45, 2.75) is 73.1 Å². The number of nitrogens with zero attached hydrogens (tertiary/aromatic N) is 1. The molecule has 0 fully saturated rings. The first-order valence-corrected chi connectivity index (χ1v) is 9.16. The normalized spacial score (nSPS) is 14.5. The van der Waals surface area contributed by atoms with Crippen molar-refractivity contribution in [1.82, 2.24) is 4.98 Å². The average molecular weight is 362 g/mol. The summed E-state index contributed by atoms with van der Waals surface area (Å²) in [5.41, 5.74) is 1.25. The lowest BCUT2D eigenvalue weighted by atomic mass is 9.93. The van der Waals surface area contributed by atoms with Crippen LogP contribution in [0.3, 0.4) is 0 Å². The van der Waals surface area contributed by atoms with Gasteiger partial charge in [0.05, 0.1) is 6.10 Å². The third-order valence-corrected chi connectivity index (χ3v) is 4.25. The molecule has 0 radical (unpaired) electrons. The molecular formula is C22H32FNO2. The Balaban J connectivity index is 2.62. The first-order valence-electron chi connectivity index (χ1n) is 9.16. The molecule has 0 aromatic carbocycles. The first kappa shape index (κ1) is 22.1. The standard InChI is InChI=1S/C22H32FNO2/c1-15(2)26-21-11-10-19(14-24-21)13-17(4)20(25)12-16(3)8-9-18(5)22(6,7)23/h8-11,14-15,17H,12-13H2,1-7H3/b16-8+,18-9+. The lowest BCUT2D eigenvalue weighted by Gasteiger charge is -2.14. The van der Waals surface area contributed by atoms with Crippen LogP contribution in [0.1, 0.15) is 60.5 Å². The third-order valence-electron chi connectivity index (χ3n) is 4.25. The molecule has 0 bridgehead atoms. The maximum absolute atomic E-state index is 13.8. The van der Waals surface area contributed by atoms with Crippen LogP contribution in [-0.4, -0.2) is 22.5 Å². The predicted molar refractivity (Wildman–Crippen MR) is 105 cm³/mol. The summed E-state index contributed by atoms with van der Waals surface area (Å²) < 4.78 is 19.3. The molecule has 0 aliphatic rings. The molecule has 1 rings (SSSR count). The molecule has 4 heteroatoms. The number of alkyl halides is 1. The van der Waals surface area contributed by atoms with Crippen molar-refractivity contribution in [1.29, 1.82) is 0 Å². The Bertz CT molecular complexity index is 652. The molecule has 1 aromatic rings. The Morgan fingerprint density at radius 3 is 2.38 bits per heavy atom. The van der Waals surface area contributed by atoms with Crippen LogP contribution in [0.5, 0.6) is 5.88 Å². The lowest BCUT2D eigenvalue weighted by Crippen LogP contribution is -2.14. The summed E-state index contributed by atoms with van der Waals surface area (Å²) in [7, 11) is 0. The van der Waals surface area contributed by atoms with Gasteiger partial charge in [0.25, 0.3) is 0 Å². The molecule has 26 heavy (non-hydrogen) atoms. The van der Waals surface area contributed by atoms with Crippen molar-refractivity contribution in [3.63, 3.8) is 0 Å². The Morgan fingerprint density at radius 1 is 1.23 bits per heavy atom. The van der Waals surface area contributed by atoms with Crippen LogP contribution in [0.4, 0.5) is 4.39 Å². The van der Waals surface area contributed by atoms with E-state index in [1.165, 1.54) is 13.8 Å². The van der Waals surface area contributed by atoms with Crippen molar-refractivity contribution in [3.05, 3.63) is 47.2 Å². The number of carbonyl (C=O) groups excluding carboxylic acids is 1. The van der Waals surface area contributed by atoms with Gasteiger partial charge in [-0.3, -0.25) is 4.79 Å². The zero-order valence-electron chi connectivity index (χ0n) is 17.1. The maximum Gasteiger partial charge on any atom is 0.213 e. The quantitative estimate of drug-likeness (QED) is 0.534. The van der Waals surface area contributed by atoms with Gasteiger partial charge in [-0.25, -0.2) is 9.37 Å². The topological polar surface area (TPSA) is 39.2 Å². The van der Waals surface area contributed by atoms with Gasteiger partial charge in [0, 0.05) is 24.6 Å². The van der Waals surface area contributed by atoms with E-state index >= 15 is 0 Å². The highest BCUT2D eigenvalue weighted by molar-refractivity contribution is 5.83. The summed E-state index contributed by atoms with van der Waals surface area (Å²) in [5.74, 6) is 0.672. The van der Waals surface area contributed by atoms with Crippen LogP contribution in [0, 0.1) is 5.92 Å². The number of aromatic nitrogens is 1. The van der Waals surface area contributed by atoms with Crippen LogP contribution in [-0.2, 0) is 11.2 Å². The zero-order valence-corrected chi connectivity index (χ0v) is 17.1. The first-order chi connectivity index (χ1) is 12.0. The SMILES string of the molecule is C/C(=C\C=C(/C)C(C)(C)F)CC(=O)C(C)Cc1ccc(OC(C)C)nc1. The fraction of sp³-hybridized carbons (Fsp3) is 0.545. The van der Waals surface area contributed by atoms with Gasteiger partial charge in [0.15, 0.2) is 0 Å². The molecule has 0 aliphatic carbocycles. The molecule has 0 aliphatic heterocycles. The van der Waals surface area contributed by atoms with Crippen LogP contribution in [0.15, 0.2) is 41.6 Å². The van der Waals surface area contributed by atoms with Crippen LogP contribution >= 0.6 is 0 Å². The van der Waals surface area contributed by atoms with E-state index < -0.39 is 5.67 Å². The number of hydrogen-bond donors (Lipinski definition) is 0. The van der Waals surface area contributed by atoms with Gasteiger partial charge in [-0.15, -0.1) is 0 Å². The summed E-state index contributed by atoms with van der Waals surface area (Å²) in [6, 6.07) is 3.79. The number of hydrogen-bond acceptors (Lipinski definition) is 3. The largest absolute Gasteiger partial charge is 0.475 e. The maximum atomic E-state index is 13.8. The second kappa shape index (κ2) is 9.65. The molecule has 0 amide bonds. The second-order valence-electron chi connectivity index (χ2n) is 7.75. The number of carbonyl (C=O) groups is 1. The van der Waals surface area contributed by atoms with Gasteiger partial charge in [-0.05, 0) is 59.1 Å². The van der Waals surface area contributed by atoms with Crippen molar-refractivity contribution in [3.8, 4) is 5.88 Å². The number of Topliss-reactive ketones (excluding diaryl/α,β-unsaturated/α-hetero) is 1. The summed E-state index contributed by atoms with van der Waals surface area (Å²) in [6.07, 6.45) is 6.46. The summed E-state index contributed by atoms with van der Waals surface area (Å²) in [5, 5.41) is 0. The Morgan fingerprint density at radius 2 is 1.88 bits per heavy atom. The minimum atomic E-state index is -1.34. The summed E-state index contributed by atoms with van der Waals surface area (Å²) in [4.78, 5) is 16.7. The number of halogens is 1. The van der Waals surface area contributed by atoms with E-state index in [0.717, 1.165) is 11.1 Å². The summed E-state index contributed by atoms with van der Waals surface area (Å²) in [6.45, 7) is 12.6. The lowest BCUT2D eigenvalue weighted by molar-refractivity contribution is -0.121. The van der Waals surface area contributed by atoms with E-state index in [0.29, 0.717) is 24.3 Å². The van der Waals surface area contributed by atoms with Crippen molar-refractivity contribution in [2.24, 2.45) is 5.92 Å². The monoisotopic (exact) mass is 361 g/mol. The van der Waals surface area contributed by atoms with Gasteiger partial charge < -0.3 is 4.74 Å². The molecule has 3 nitrogen and oxygen atoms in total. The number of allylic oxidation sites excluding steroid dienone is 4. The van der Waals surface area contributed by atoms with Crippen LogP contribution in [0.25, 0.3) is 0 Å². The van der Waals surface area contributed by atoms with E-state index in [4.69, 9.17) is 4.74 Å². The summed E-state index contributed by atoms with van der Waals surface area (Å²) >= 11 is 0. The van der Waals surface area contributed by atoms with Crippen molar-refractivity contribution in [2.75, 3.05) is 0 Å². The van der Waals surface area contributed by atoms with Crippen molar-refractivity contribution >= 4 is 5.78 Å². The van der Waals surface area contributed by atoms with Gasteiger partial charge in [0.1, 0.15) is 11.5 Å². The highest BCUT2D eigenvalue weighted by atomic mass is 19.1. The molecule has 0 saturated carbocycles. The Labute approximate surface area is 157 Å². The van der Waals surface area contributed by atoms with E-state index in [1.807, 2.05) is 45.9 Å².